The lowest BCUT2D eigenvalue weighted by atomic mass is 9.86. The van der Waals surface area contributed by atoms with Crippen LogP contribution in [0.3, 0.4) is 0 Å². The minimum atomic E-state index is 0.253. The molecule has 0 aliphatic rings. The number of rotatable bonds is 5. The van der Waals surface area contributed by atoms with E-state index in [1.807, 2.05) is 25.2 Å². The molecule has 17 heavy (non-hydrogen) atoms. The Morgan fingerprint density at radius 2 is 1.88 bits per heavy atom. The van der Waals surface area contributed by atoms with Crippen molar-refractivity contribution in [3.8, 4) is 5.75 Å². The summed E-state index contributed by atoms with van der Waals surface area (Å²) in [7, 11) is 3.67. The van der Waals surface area contributed by atoms with E-state index in [0.29, 0.717) is 11.8 Å². The first-order valence-electron chi connectivity index (χ1n) is 6.02. The Hall–Kier alpha value is -0.730. The van der Waals surface area contributed by atoms with E-state index in [2.05, 4.69) is 26.1 Å². The number of nitrogens with one attached hydrogen (secondary N) is 1. The largest absolute Gasteiger partial charge is 0.496 e. The third-order valence-electron chi connectivity index (χ3n) is 3.42. The number of ether oxygens (including phenoxy) is 1. The Morgan fingerprint density at radius 3 is 2.35 bits per heavy atom. The molecule has 1 aromatic rings. The summed E-state index contributed by atoms with van der Waals surface area (Å²) in [5.41, 5.74) is 1.13. The molecule has 0 saturated carbocycles. The second kappa shape index (κ2) is 6.27. The summed E-state index contributed by atoms with van der Waals surface area (Å²) in [5, 5.41) is 4.11. The molecule has 1 N–H and O–H groups in total. The van der Waals surface area contributed by atoms with Crippen molar-refractivity contribution in [2.75, 3.05) is 14.2 Å². The van der Waals surface area contributed by atoms with Crippen LogP contribution in [0, 0.1) is 11.8 Å². The fraction of sp³-hybridized carbons (Fsp3) is 0.571. The molecule has 0 aromatic heterocycles. The van der Waals surface area contributed by atoms with Crippen molar-refractivity contribution in [3.63, 3.8) is 0 Å². The summed E-state index contributed by atoms with van der Waals surface area (Å²) in [5.74, 6) is 1.99. The fourth-order valence-electron chi connectivity index (χ4n) is 2.03. The summed E-state index contributed by atoms with van der Waals surface area (Å²) < 4.78 is 5.41. The molecular formula is C14H22ClNO. The lowest BCUT2D eigenvalue weighted by Gasteiger charge is -2.28. The quantitative estimate of drug-likeness (QED) is 0.862. The Kier molecular flexibility index (Phi) is 5.29. The van der Waals surface area contributed by atoms with Crippen LogP contribution in [0.25, 0.3) is 0 Å². The van der Waals surface area contributed by atoms with Crippen LogP contribution in [0.2, 0.25) is 5.02 Å². The topological polar surface area (TPSA) is 21.3 Å². The highest BCUT2D eigenvalue weighted by Crippen LogP contribution is 2.34. The highest BCUT2D eigenvalue weighted by molar-refractivity contribution is 6.30. The standard InChI is InChI=1S/C14H22ClNO/c1-9(2)10(3)14(16-4)12-8-11(15)6-7-13(12)17-5/h6-10,14,16H,1-5H3. The number of benzene rings is 1. The summed E-state index contributed by atoms with van der Waals surface area (Å²) >= 11 is 6.08. The second-order valence-corrected chi connectivity index (χ2v) is 5.19. The van der Waals surface area contributed by atoms with E-state index in [4.69, 9.17) is 16.3 Å². The van der Waals surface area contributed by atoms with Crippen molar-refractivity contribution in [2.24, 2.45) is 11.8 Å². The van der Waals surface area contributed by atoms with Gasteiger partial charge in [0, 0.05) is 16.6 Å². The van der Waals surface area contributed by atoms with E-state index in [1.54, 1.807) is 7.11 Å². The molecule has 2 atom stereocenters. The molecule has 2 nitrogen and oxygen atoms in total. The summed E-state index contributed by atoms with van der Waals surface area (Å²) in [6.45, 7) is 6.70. The third kappa shape index (κ3) is 3.36. The van der Waals surface area contributed by atoms with Crippen LogP contribution < -0.4 is 10.1 Å². The molecule has 0 aliphatic carbocycles. The van der Waals surface area contributed by atoms with Crippen molar-refractivity contribution in [2.45, 2.75) is 26.8 Å². The van der Waals surface area contributed by atoms with Gasteiger partial charge in [0.1, 0.15) is 5.75 Å². The average molecular weight is 256 g/mol. The Labute approximate surface area is 109 Å². The molecule has 3 heteroatoms. The smallest absolute Gasteiger partial charge is 0.123 e. The first-order valence-corrected chi connectivity index (χ1v) is 6.39. The summed E-state index contributed by atoms with van der Waals surface area (Å²) in [6.07, 6.45) is 0. The molecular weight excluding hydrogens is 234 g/mol. The van der Waals surface area contributed by atoms with Gasteiger partial charge in [0.25, 0.3) is 0 Å². The molecule has 0 radical (unpaired) electrons. The van der Waals surface area contributed by atoms with Crippen LogP contribution in [0.5, 0.6) is 5.75 Å². The van der Waals surface area contributed by atoms with Crippen molar-refractivity contribution >= 4 is 11.6 Å². The minimum absolute atomic E-state index is 0.253. The van der Waals surface area contributed by atoms with Gasteiger partial charge >= 0.3 is 0 Å². The number of hydrogen-bond acceptors (Lipinski definition) is 2. The Balaban J connectivity index is 3.14. The molecule has 0 spiro atoms. The number of halogens is 1. The van der Waals surface area contributed by atoms with Crippen molar-refractivity contribution in [3.05, 3.63) is 28.8 Å². The summed E-state index contributed by atoms with van der Waals surface area (Å²) in [4.78, 5) is 0. The number of methoxy groups -OCH3 is 1. The molecule has 0 bridgehead atoms. The van der Waals surface area contributed by atoms with E-state index in [-0.39, 0.29) is 6.04 Å². The first kappa shape index (κ1) is 14.3. The van der Waals surface area contributed by atoms with E-state index in [0.717, 1.165) is 16.3 Å². The van der Waals surface area contributed by atoms with Crippen LogP contribution in [0.4, 0.5) is 0 Å². The monoisotopic (exact) mass is 255 g/mol. The van der Waals surface area contributed by atoms with Gasteiger partial charge in [-0.1, -0.05) is 32.4 Å². The van der Waals surface area contributed by atoms with Gasteiger partial charge in [0.2, 0.25) is 0 Å². The highest BCUT2D eigenvalue weighted by atomic mass is 35.5. The predicted octanol–water partition coefficient (Wildman–Crippen LogP) is 3.90. The van der Waals surface area contributed by atoms with Gasteiger partial charge in [-0.3, -0.25) is 0 Å². The zero-order valence-electron chi connectivity index (χ0n) is 11.3. The van der Waals surface area contributed by atoms with Gasteiger partial charge in [0.05, 0.1) is 7.11 Å². The molecule has 0 aliphatic heterocycles. The molecule has 1 rings (SSSR count). The predicted molar refractivity (Wildman–Crippen MR) is 73.8 cm³/mol. The van der Waals surface area contributed by atoms with Crippen LogP contribution in [0.1, 0.15) is 32.4 Å². The average Bonchev–Trinajstić information content (AvgIpc) is 2.30. The van der Waals surface area contributed by atoms with Crippen LogP contribution in [-0.4, -0.2) is 14.2 Å². The van der Waals surface area contributed by atoms with Crippen LogP contribution >= 0.6 is 11.6 Å². The normalized spacial score (nSPS) is 14.8. The van der Waals surface area contributed by atoms with Gasteiger partial charge in [0.15, 0.2) is 0 Å². The van der Waals surface area contributed by atoms with Gasteiger partial charge in [-0.05, 0) is 37.1 Å². The molecule has 0 heterocycles. The van der Waals surface area contributed by atoms with Crippen LogP contribution in [0.15, 0.2) is 18.2 Å². The van der Waals surface area contributed by atoms with Gasteiger partial charge in [-0.15, -0.1) is 0 Å². The maximum absolute atomic E-state index is 6.08. The fourth-order valence-corrected chi connectivity index (χ4v) is 2.22. The van der Waals surface area contributed by atoms with E-state index in [9.17, 15) is 0 Å². The lowest BCUT2D eigenvalue weighted by Crippen LogP contribution is -2.27. The molecule has 1 aromatic carbocycles. The SMILES string of the molecule is CNC(c1cc(Cl)ccc1OC)C(C)C(C)C. The maximum atomic E-state index is 6.08. The number of hydrogen-bond donors (Lipinski definition) is 1. The van der Waals surface area contributed by atoms with Crippen molar-refractivity contribution in [1.82, 2.24) is 5.32 Å². The molecule has 0 saturated heterocycles. The third-order valence-corrected chi connectivity index (χ3v) is 3.65. The summed E-state index contributed by atoms with van der Waals surface area (Å²) in [6, 6.07) is 6.02. The zero-order valence-corrected chi connectivity index (χ0v) is 12.0. The molecule has 0 fully saturated rings. The molecule has 0 amide bonds. The van der Waals surface area contributed by atoms with E-state index in [1.165, 1.54) is 0 Å². The maximum Gasteiger partial charge on any atom is 0.123 e. The first-order chi connectivity index (χ1) is 8.01. The van der Waals surface area contributed by atoms with Crippen molar-refractivity contribution < 1.29 is 4.74 Å². The van der Waals surface area contributed by atoms with Crippen LogP contribution in [-0.2, 0) is 0 Å². The van der Waals surface area contributed by atoms with E-state index < -0.39 is 0 Å². The molecule has 96 valence electrons. The van der Waals surface area contributed by atoms with E-state index >= 15 is 0 Å². The zero-order chi connectivity index (χ0) is 13.0. The van der Waals surface area contributed by atoms with Gasteiger partial charge in [-0.25, -0.2) is 0 Å². The highest BCUT2D eigenvalue weighted by Gasteiger charge is 2.23. The lowest BCUT2D eigenvalue weighted by molar-refractivity contribution is 0.306. The second-order valence-electron chi connectivity index (χ2n) is 4.76. The minimum Gasteiger partial charge on any atom is -0.496 e. The van der Waals surface area contributed by atoms with Gasteiger partial charge < -0.3 is 10.1 Å². The van der Waals surface area contributed by atoms with Gasteiger partial charge in [-0.2, -0.15) is 0 Å². The Bertz CT molecular complexity index is 365. The Morgan fingerprint density at radius 1 is 1.24 bits per heavy atom. The van der Waals surface area contributed by atoms with Crippen molar-refractivity contribution in [1.29, 1.82) is 0 Å². The molecule has 2 unspecified atom stereocenters.